The predicted molar refractivity (Wildman–Crippen MR) is 91.8 cm³/mol. The fourth-order valence-corrected chi connectivity index (χ4v) is 2.46. The van der Waals surface area contributed by atoms with E-state index in [1.165, 1.54) is 9.25 Å². The lowest BCUT2D eigenvalue weighted by Crippen LogP contribution is -2.34. The van der Waals surface area contributed by atoms with Crippen LogP contribution >= 0.6 is 0 Å². The number of carbonyl (C=O) groups excluding carboxylic acids is 1. The Labute approximate surface area is 138 Å². The van der Waals surface area contributed by atoms with E-state index in [2.05, 4.69) is 10.1 Å². The topological polar surface area (TPSA) is 69.2 Å². The SMILES string of the molecule is CC(C)N=c1ccccn1C(=O)Cn1ncc2ccccc2c1=O. The molecule has 0 aliphatic carbocycles. The highest BCUT2D eigenvalue weighted by atomic mass is 16.2. The van der Waals surface area contributed by atoms with E-state index in [-0.39, 0.29) is 24.1 Å². The summed E-state index contributed by atoms with van der Waals surface area (Å²) < 4.78 is 2.63. The number of rotatable bonds is 3. The summed E-state index contributed by atoms with van der Waals surface area (Å²) in [7, 11) is 0. The van der Waals surface area contributed by atoms with E-state index in [9.17, 15) is 9.59 Å². The van der Waals surface area contributed by atoms with Crippen LogP contribution < -0.4 is 11.0 Å². The molecule has 0 aliphatic heterocycles. The van der Waals surface area contributed by atoms with Crippen molar-refractivity contribution in [3.8, 4) is 0 Å². The Morgan fingerprint density at radius 1 is 1.17 bits per heavy atom. The molecule has 122 valence electrons. The van der Waals surface area contributed by atoms with Crippen molar-refractivity contribution in [3.05, 3.63) is 70.7 Å². The molecule has 2 heterocycles. The van der Waals surface area contributed by atoms with Crippen molar-refractivity contribution in [1.82, 2.24) is 14.3 Å². The van der Waals surface area contributed by atoms with Gasteiger partial charge in [-0.2, -0.15) is 5.10 Å². The summed E-state index contributed by atoms with van der Waals surface area (Å²) in [6.45, 7) is 3.74. The Hall–Kier alpha value is -3.02. The quantitative estimate of drug-likeness (QED) is 0.739. The molecule has 6 heteroatoms. The van der Waals surface area contributed by atoms with Crippen molar-refractivity contribution in [3.63, 3.8) is 0 Å². The van der Waals surface area contributed by atoms with Crippen LogP contribution in [0.4, 0.5) is 0 Å². The van der Waals surface area contributed by atoms with Gasteiger partial charge in [0.05, 0.1) is 11.6 Å². The number of aromatic nitrogens is 3. The van der Waals surface area contributed by atoms with E-state index >= 15 is 0 Å². The zero-order valence-corrected chi connectivity index (χ0v) is 13.6. The van der Waals surface area contributed by atoms with Gasteiger partial charge in [0, 0.05) is 17.6 Å². The van der Waals surface area contributed by atoms with Gasteiger partial charge in [-0.15, -0.1) is 0 Å². The van der Waals surface area contributed by atoms with Gasteiger partial charge < -0.3 is 0 Å². The molecule has 2 aromatic heterocycles. The summed E-state index contributed by atoms with van der Waals surface area (Å²) in [5.41, 5.74) is 0.284. The molecule has 0 saturated heterocycles. The van der Waals surface area contributed by atoms with Crippen molar-refractivity contribution in [2.24, 2.45) is 4.99 Å². The lowest BCUT2D eigenvalue weighted by atomic mass is 10.2. The molecule has 0 unspecified atom stereocenters. The van der Waals surface area contributed by atoms with Gasteiger partial charge >= 0.3 is 0 Å². The summed E-state index contributed by atoms with van der Waals surface area (Å²) in [6, 6.07) is 12.6. The van der Waals surface area contributed by atoms with Crippen LogP contribution in [0.25, 0.3) is 10.8 Å². The molecule has 0 spiro atoms. The summed E-state index contributed by atoms with van der Waals surface area (Å²) in [5.74, 6) is -0.264. The molecule has 3 aromatic rings. The van der Waals surface area contributed by atoms with Gasteiger partial charge in [-0.05, 0) is 32.0 Å². The Morgan fingerprint density at radius 3 is 2.71 bits per heavy atom. The van der Waals surface area contributed by atoms with E-state index in [0.717, 1.165) is 5.39 Å². The molecule has 0 radical (unpaired) electrons. The summed E-state index contributed by atoms with van der Waals surface area (Å²) in [5, 5.41) is 5.41. The molecule has 1 aromatic carbocycles. The van der Waals surface area contributed by atoms with Crippen LogP contribution in [0.1, 0.15) is 18.6 Å². The summed E-state index contributed by atoms with van der Waals surface area (Å²) in [4.78, 5) is 29.5. The third-order valence-corrected chi connectivity index (χ3v) is 3.54. The molecule has 3 rings (SSSR count). The van der Waals surface area contributed by atoms with Gasteiger partial charge in [-0.3, -0.25) is 19.1 Å². The van der Waals surface area contributed by atoms with Crippen LogP contribution in [0, 0.1) is 0 Å². The first-order valence-corrected chi connectivity index (χ1v) is 7.76. The number of fused-ring (bicyclic) bond motifs is 1. The number of nitrogens with zero attached hydrogens (tertiary/aromatic N) is 4. The molecule has 6 nitrogen and oxygen atoms in total. The number of pyridine rings is 1. The minimum atomic E-state index is -0.277. The van der Waals surface area contributed by atoms with Gasteiger partial charge in [-0.1, -0.05) is 24.3 Å². The Kier molecular flexibility index (Phi) is 4.37. The van der Waals surface area contributed by atoms with Crippen LogP contribution in [0.2, 0.25) is 0 Å². The third kappa shape index (κ3) is 3.17. The number of carbonyl (C=O) groups is 1. The van der Waals surface area contributed by atoms with Crippen LogP contribution in [-0.2, 0) is 6.54 Å². The van der Waals surface area contributed by atoms with Crippen molar-refractivity contribution in [1.29, 1.82) is 0 Å². The second-order valence-corrected chi connectivity index (χ2v) is 5.74. The van der Waals surface area contributed by atoms with Gasteiger partial charge in [0.2, 0.25) is 0 Å². The van der Waals surface area contributed by atoms with Gasteiger partial charge in [0.25, 0.3) is 11.5 Å². The molecule has 0 fully saturated rings. The Bertz CT molecular complexity index is 1010. The Balaban J connectivity index is 2.00. The highest BCUT2D eigenvalue weighted by Gasteiger charge is 2.10. The van der Waals surface area contributed by atoms with Crippen molar-refractivity contribution in [2.45, 2.75) is 26.4 Å². The van der Waals surface area contributed by atoms with E-state index in [1.54, 1.807) is 36.7 Å². The van der Waals surface area contributed by atoms with E-state index in [0.29, 0.717) is 10.9 Å². The van der Waals surface area contributed by atoms with Crippen LogP contribution in [0.3, 0.4) is 0 Å². The smallest absolute Gasteiger partial charge is 0.272 e. The van der Waals surface area contributed by atoms with Crippen molar-refractivity contribution in [2.75, 3.05) is 0 Å². The second kappa shape index (κ2) is 6.62. The zero-order chi connectivity index (χ0) is 17.1. The fourth-order valence-electron chi connectivity index (χ4n) is 2.46. The maximum Gasteiger partial charge on any atom is 0.275 e. The normalized spacial score (nSPS) is 12.0. The Morgan fingerprint density at radius 2 is 1.92 bits per heavy atom. The third-order valence-electron chi connectivity index (χ3n) is 3.54. The largest absolute Gasteiger partial charge is 0.275 e. The van der Waals surface area contributed by atoms with Crippen molar-refractivity contribution < 1.29 is 4.79 Å². The molecule has 0 aliphatic rings. The number of benzene rings is 1. The highest BCUT2D eigenvalue weighted by molar-refractivity contribution is 5.81. The van der Waals surface area contributed by atoms with Gasteiger partial charge in [-0.25, -0.2) is 4.68 Å². The average Bonchev–Trinajstić information content (AvgIpc) is 2.57. The predicted octanol–water partition coefficient (Wildman–Crippen LogP) is 1.85. The maximum atomic E-state index is 12.6. The molecule has 0 amide bonds. The molecule has 0 saturated carbocycles. The van der Waals surface area contributed by atoms with E-state index in [1.807, 2.05) is 32.0 Å². The number of hydrogen-bond donors (Lipinski definition) is 0. The average molecular weight is 322 g/mol. The molecule has 0 N–H and O–H groups in total. The molecular formula is C18H18N4O2. The molecular weight excluding hydrogens is 304 g/mol. The first kappa shape index (κ1) is 15.9. The second-order valence-electron chi connectivity index (χ2n) is 5.74. The fraction of sp³-hybridized carbons (Fsp3) is 0.222. The minimum absolute atomic E-state index is 0.0629. The van der Waals surface area contributed by atoms with E-state index in [4.69, 9.17) is 0 Å². The van der Waals surface area contributed by atoms with Crippen LogP contribution in [0.15, 0.2) is 64.6 Å². The maximum absolute atomic E-state index is 12.6. The zero-order valence-electron chi connectivity index (χ0n) is 13.6. The van der Waals surface area contributed by atoms with E-state index < -0.39 is 0 Å². The molecule has 0 atom stereocenters. The standard InChI is InChI=1S/C18H18N4O2/c1-13(2)20-16-9-5-6-10-21(16)17(23)12-22-18(24)15-8-4-3-7-14(15)11-19-22/h3-11,13H,12H2,1-2H3. The minimum Gasteiger partial charge on any atom is -0.272 e. The lowest BCUT2D eigenvalue weighted by molar-refractivity contribution is 0.0879. The van der Waals surface area contributed by atoms with Crippen LogP contribution in [-0.4, -0.2) is 26.3 Å². The molecule has 24 heavy (non-hydrogen) atoms. The monoisotopic (exact) mass is 322 g/mol. The first-order chi connectivity index (χ1) is 11.6. The highest BCUT2D eigenvalue weighted by Crippen LogP contribution is 2.06. The van der Waals surface area contributed by atoms with Crippen molar-refractivity contribution >= 4 is 16.7 Å². The first-order valence-electron chi connectivity index (χ1n) is 7.76. The molecule has 0 bridgehead atoms. The summed E-state index contributed by atoms with van der Waals surface area (Å²) in [6.07, 6.45) is 3.24. The lowest BCUT2D eigenvalue weighted by Gasteiger charge is -2.09. The van der Waals surface area contributed by atoms with Crippen LogP contribution in [0.5, 0.6) is 0 Å². The summed E-state index contributed by atoms with van der Waals surface area (Å²) >= 11 is 0. The van der Waals surface area contributed by atoms with Gasteiger partial charge in [0.15, 0.2) is 0 Å². The number of hydrogen-bond acceptors (Lipinski definition) is 4. The van der Waals surface area contributed by atoms with Gasteiger partial charge in [0.1, 0.15) is 12.0 Å².